The minimum Gasteiger partial charge on any atom is -0.493 e. The standard InChI is InChI=1S/C15H14BrF2NO2/c1-2-20-14-4-3-11(19)5-9(14)8-21-15-12(16)6-10(17)7-13(15)18/h3-7H,2,8,19H2,1H3. The first-order chi connectivity index (χ1) is 10.0. The van der Waals surface area contributed by atoms with Crippen LogP contribution >= 0.6 is 15.9 Å². The lowest BCUT2D eigenvalue weighted by Crippen LogP contribution is -2.03. The van der Waals surface area contributed by atoms with Gasteiger partial charge in [0.05, 0.1) is 11.1 Å². The normalized spacial score (nSPS) is 10.5. The summed E-state index contributed by atoms with van der Waals surface area (Å²) in [4.78, 5) is 0. The molecule has 2 aromatic carbocycles. The predicted molar refractivity (Wildman–Crippen MR) is 80.4 cm³/mol. The van der Waals surface area contributed by atoms with Gasteiger partial charge < -0.3 is 15.2 Å². The molecule has 3 nitrogen and oxygen atoms in total. The van der Waals surface area contributed by atoms with Gasteiger partial charge in [0.2, 0.25) is 0 Å². The molecule has 0 atom stereocenters. The Morgan fingerprint density at radius 1 is 1.14 bits per heavy atom. The first-order valence-corrected chi connectivity index (χ1v) is 7.09. The van der Waals surface area contributed by atoms with E-state index in [0.29, 0.717) is 23.6 Å². The van der Waals surface area contributed by atoms with Gasteiger partial charge in [0.15, 0.2) is 11.6 Å². The summed E-state index contributed by atoms with van der Waals surface area (Å²) < 4.78 is 37.8. The fourth-order valence-electron chi connectivity index (χ4n) is 1.83. The fraction of sp³-hybridized carbons (Fsp3) is 0.200. The minimum absolute atomic E-state index is 0.0544. The van der Waals surface area contributed by atoms with Crippen molar-refractivity contribution in [3.05, 3.63) is 52.0 Å². The Kier molecular flexibility index (Phi) is 5.01. The zero-order valence-electron chi connectivity index (χ0n) is 11.3. The van der Waals surface area contributed by atoms with Crippen LogP contribution in [0.4, 0.5) is 14.5 Å². The number of nitrogen functional groups attached to an aromatic ring is 1. The summed E-state index contributed by atoms with van der Waals surface area (Å²) >= 11 is 3.07. The predicted octanol–water partition coefficient (Wildman–Crippen LogP) is 4.29. The summed E-state index contributed by atoms with van der Waals surface area (Å²) in [6, 6.07) is 7.04. The van der Waals surface area contributed by atoms with Crippen molar-refractivity contribution in [2.45, 2.75) is 13.5 Å². The van der Waals surface area contributed by atoms with Crippen molar-refractivity contribution >= 4 is 21.6 Å². The van der Waals surface area contributed by atoms with Crippen molar-refractivity contribution in [2.75, 3.05) is 12.3 Å². The van der Waals surface area contributed by atoms with Crippen LogP contribution in [-0.2, 0) is 6.61 Å². The van der Waals surface area contributed by atoms with Gasteiger partial charge in [-0.2, -0.15) is 0 Å². The molecule has 0 aliphatic heterocycles. The molecule has 0 spiro atoms. The zero-order valence-corrected chi connectivity index (χ0v) is 12.9. The smallest absolute Gasteiger partial charge is 0.169 e. The van der Waals surface area contributed by atoms with E-state index in [1.807, 2.05) is 6.92 Å². The lowest BCUT2D eigenvalue weighted by molar-refractivity contribution is 0.273. The third-order valence-corrected chi connectivity index (χ3v) is 3.31. The van der Waals surface area contributed by atoms with Gasteiger partial charge in [0.1, 0.15) is 18.2 Å². The Labute approximate surface area is 129 Å². The summed E-state index contributed by atoms with van der Waals surface area (Å²) in [6.07, 6.45) is 0. The lowest BCUT2D eigenvalue weighted by Gasteiger charge is -2.13. The molecule has 112 valence electrons. The van der Waals surface area contributed by atoms with E-state index in [9.17, 15) is 8.78 Å². The second-order valence-corrected chi connectivity index (χ2v) is 5.14. The van der Waals surface area contributed by atoms with Crippen molar-refractivity contribution in [3.63, 3.8) is 0 Å². The summed E-state index contributed by atoms with van der Waals surface area (Å²) in [5.41, 5.74) is 6.97. The van der Waals surface area contributed by atoms with Gasteiger partial charge in [-0.25, -0.2) is 8.78 Å². The highest BCUT2D eigenvalue weighted by Crippen LogP contribution is 2.31. The van der Waals surface area contributed by atoms with Crippen LogP contribution in [0, 0.1) is 11.6 Å². The van der Waals surface area contributed by atoms with Crippen LogP contribution in [0.3, 0.4) is 0 Å². The van der Waals surface area contributed by atoms with Crippen LogP contribution in [0.25, 0.3) is 0 Å². The number of halogens is 3. The summed E-state index contributed by atoms with van der Waals surface area (Å²) in [7, 11) is 0. The first kappa shape index (κ1) is 15.6. The summed E-state index contributed by atoms with van der Waals surface area (Å²) in [5.74, 6) is -0.888. The molecule has 0 aromatic heterocycles. The monoisotopic (exact) mass is 357 g/mol. The van der Waals surface area contributed by atoms with Crippen molar-refractivity contribution in [3.8, 4) is 11.5 Å². The van der Waals surface area contributed by atoms with E-state index in [2.05, 4.69) is 15.9 Å². The molecular formula is C15H14BrF2NO2. The number of hydrogen-bond donors (Lipinski definition) is 1. The zero-order chi connectivity index (χ0) is 15.4. The third kappa shape index (κ3) is 3.85. The molecule has 0 heterocycles. The van der Waals surface area contributed by atoms with Crippen molar-refractivity contribution in [1.82, 2.24) is 0 Å². The van der Waals surface area contributed by atoms with Crippen LogP contribution in [0.1, 0.15) is 12.5 Å². The Balaban J connectivity index is 2.22. The van der Waals surface area contributed by atoms with E-state index in [1.165, 1.54) is 0 Å². The van der Waals surface area contributed by atoms with Crippen LogP contribution < -0.4 is 15.2 Å². The van der Waals surface area contributed by atoms with Gasteiger partial charge in [-0.1, -0.05) is 0 Å². The molecule has 0 radical (unpaired) electrons. The summed E-state index contributed by atoms with van der Waals surface area (Å²) in [5, 5.41) is 0. The molecule has 0 aliphatic rings. The maximum atomic E-state index is 13.7. The molecule has 0 fully saturated rings. The molecule has 0 aliphatic carbocycles. The number of benzene rings is 2. The molecule has 0 unspecified atom stereocenters. The average Bonchev–Trinajstić information content (AvgIpc) is 2.40. The minimum atomic E-state index is -0.774. The highest BCUT2D eigenvalue weighted by Gasteiger charge is 2.13. The number of ether oxygens (including phenoxy) is 2. The number of hydrogen-bond acceptors (Lipinski definition) is 3. The molecule has 2 N–H and O–H groups in total. The fourth-order valence-corrected chi connectivity index (χ4v) is 2.35. The van der Waals surface area contributed by atoms with Crippen LogP contribution in [-0.4, -0.2) is 6.61 Å². The van der Waals surface area contributed by atoms with Gasteiger partial charge in [-0.05, 0) is 47.1 Å². The first-order valence-electron chi connectivity index (χ1n) is 6.29. The molecular weight excluding hydrogens is 344 g/mol. The molecule has 2 rings (SSSR count). The van der Waals surface area contributed by atoms with Gasteiger partial charge in [0.25, 0.3) is 0 Å². The highest BCUT2D eigenvalue weighted by atomic mass is 79.9. The highest BCUT2D eigenvalue weighted by molar-refractivity contribution is 9.10. The third-order valence-electron chi connectivity index (χ3n) is 2.72. The van der Waals surface area contributed by atoms with Crippen LogP contribution in [0.5, 0.6) is 11.5 Å². The molecule has 0 bridgehead atoms. The van der Waals surface area contributed by atoms with Crippen LogP contribution in [0.15, 0.2) is 34.8 Å². The van der Waals surface area contributed by atoms with Gasteiger partial charge in [-0.3, -0.25) is 0 Å². The van der Waals surface area contributed by atoms with Crippen molar-refractivity contribution in [2.24, 2.45) is 0 Å². The maximum Gasteiger partial charge on any atom is 0.169 e. The van der Waals surface area contributed by atoms with E-state index < -0.39 is 11.6 Å². The molecule has 0 saturated heterocycles. The second-order valence-electron chi connectivity index (χ2n) is 4.29. The molecule has 0 amide bonds. The largest absolute Gasteiger partial charge is 0.493 e. The van der Waals surface area contributed by atoms with E-state index in [0.717, 1.165) is 12.1 Å². The second kappa shape index (κ2) is 6.76. The molecule has 21 heavy (non-hydrogen) atoms. The molecule has 0 saturated carbocycles. The van der Waals surface area contributed by atoms with Gasteiger partial charge >= 0.3 is 0 Å². The van der Waals surface area contributed by atoms with Gasteiger partial charge in [0, 0.05) is 17.3 Å². The Morgan fingerprint density at radius 3 is 2.57 bits per heavy atom. The van der Waals surface area contributed by atoms with E-state index in [1.54, 1.807) is 18.2 Å². The average molecular weight is 358 g/mol. The quantitative estimate of drug-likeness (QED) is 0.812. The van der Waals surface area contributed by atoms with E-state index in [4.69, 9.17) is 15.2 Å². The number of nitrogens with two attached hydrogens (primary N) is 1. The molecule has 6 heteroatoms. The van der Waals surface area contributed by atoms with E-state index >= 15 is 0 Å². The Hall–Kier alpha value is -1.82. The Morgan fingerprint density at radius 2 is 1.90 bits per heavy atom. The summed E-state index contributed by atoms with van der Waals surface area (Å²) in [6.45, 7) is 2.41. The Bertz CT molecular complexity index is 627. The molecule has 2 aromatic rings. The van der Waals surface area contributed by atoms with E-state index in [-0.39, 0.29) is 16.8 Å². The maximum absolute atomic E-state index is 13.7. The number of rotatable bonds is 5. The van der Waals surface area contributed by atoms with Crippen molar-refractivity contribution in [1.29, 1.82) is 0 Å². The van der Waals surface area contributed by atoms with Crippen LogP contribution in [0.2, 0.25) is 0 Å². The van der Waals surface area contributed by atoms with Crippen molar-refractivity contribution < 1.29 is 18.3 Å². The van der Waals surface area contributed by atoms with Gasteiger partial charge in [-0.15, -0.1) is 0 Å². The lowest BCUT2D eigenvalue weighted by atomic mass is 10.2. The SMILES string of the molecule is CCOc1ccc(N)cc1COc1c(F)cc(F)cc1Br. The topological polar surface area (TPSA) is 44.5 Å². The number of anilines is 1.